The van der Waals surface area contributed by atoms with Crippen LogP contribution in [0.25, 0.3) is 0 Å². The highest BCUT2D eigenvalue weighted by Crippen LogP contribution is 2.21. The molecule has 3 heterocycles. The van der Waals surface area contributed by atoms with Gasteiger partial charge in [-0.25, -0.2) is 4.68 Å². The van der Waals surface area contributed by atoms with Crippen LogP contribution in [0, 0.1) is 0 Å². The van der Waals surface area contributed by atoms with E-state index >= 15 is 0 Å². The molecule has 0 bridgehead atoms. The van der Waals surface area contributed by atoms with Crippen LogP contribution in [0.5, 0.6) is 0 Å². The Kier molecular flexibility index (Phi) is 6.02. The first kappa shape index (κ1) is 19.1. The van der Waals surface area contributed by atoms with Gasteiger partial charge in [0, 0.05) is 25.7 Å². The van der Waals surface area contributed by atoms with Crippen molar-refractivity contribution in [3.63, 3.8) is 0 Å². The van der Waals surface area contributed by atoms with Gasteiger partial charge in [-0.2, -0.15) is 0 Å². The van der Waals surface area contributed by atoms with Gasteiger partial charge in [-0.3, -0.25) is 9.69 Å². The Labute approximate surface area is 166 Å². The number of carbonyl (C=O) groups is 1. The highest BCUT2D eigenvalue weighted by molar-refractivity contribution is 5.91. The first-order valence-corrected chi connectivity index (χ1v) is 10.5. The SMILES string of the molecule is CCC(CNC(=O)c1cn(C2CCNCC2)nn1)N1CCc2ccccc2C1. The smallest absolute Gasteiger partial charge is 0.273 e. The molecule has 2 N–H and O–H groups in total. The molecule has 1 atom stereocenters. The van der Waals surface area contributed by atoms with Gasteiger partial charge in [0.15, 0.2) is 5.69 Å². The van der Waals surface area contributed by atoms with E-state index in [0.717, 1.165) is 51.9 Å². The lowest BCUT2D eigenvalue weighted by molar-refractivity contribution is 0.0921. The largest absolute Gasteiger partial charge is 0.349 e. The van der Waals surface area contributed by atoms with Gasteiger partial charge in [0.2, 0.25) is 0 Å². The minimum absolute atomic E-state index is 0.129. The van der Waals surface area contributed by atoms with Gasteiger partial charge in [0.1, 0.15) is 0 Å². The number of fused-ring (bicyclic) bond motifs is 1. The van der Waals surface area contributed by atoms with E-state index in [1.165, 1.54) is 11.1 Å². The van der Waals surface area contributed by atoms with Gasteiger partial charge in [0.05, 0.1) is 12.2 Å². The number of amides is 1. The summed E-state index contributed by atoms with van der Waals surface area (Å²) < 4.78 is 1.86. The number of benzene rings is 1. The molecule has 0 radical (unpaired) electrons. The van der Waals surface area contributed by atoms with Gasteiger partial charge in [-0.05, 0) is 49.9 Å². The molecule has 7 nitrogen and oxygen atoms in total. The maximum atomic E-state index is 12.6. The number of hydrogen-bond donors (Lipinski definition) is 2. The summed E-state index contributed by atoms with van der Waals surface area (Å²) in [6, 6.07) is 9.33. The van der Waals surface area contributed by atoms with Crippen LogP contribution < -0.4 is 10.6 Å². The number of hydrogen-bond acceptors (Lipinski definition) is 5. The van der Waals surface area contributed by atoms with Crippen LogP contribution in [0.1, 0.15) is 53.8 Å². The second-order valence-electron chi connectivity index (χ2n) is 7.83. The Morgan fingerprint density at radius 1 is 1.29 bits per heavy atom. The predicted molar refractivity (Wildman–Crippen MR) is 108 cm³/mol. The normalized spacial score (nSPS) is 19.2. The lowest BCUT2D eigenvalue weighted by atomic mass is 9.98. The molecule has 1 unspecified atom stereocenters. The van der Waals surface area contributed by atoms with Crippen LogP contribution in [-0.2, 0) is 13.0 Å². The monoisotopic (exact) mass is 382 g/mol. The van der Waals surface area contributed by atoms with E-state index < -0.39 is 0 Å². The second-order valence-corrected chi connectivity index (χ2v) is 7.83. The fourth-order valence-corrected chi connectivity index (χ4v) is 4.29. The summed E-state index contributed by atoms with van der Waals surface area (Å²) in [7, 11) is 0. The van der Waals surface area contributed by atoms with Crippen molar-refractivity contribution in [2.24, 2.45) is 0 Å². The van der Waals surface area contributed by atoms with E-state index in [9.17, 15) is 4.79 Å². The van der Waals surface area contributed by atoms with E-state index in [1.807, 2.05) is 4.68 Å². The number of rotatable bonds is 6. The highest BCUT2D eigenvalue weighted by atomic mass is 16.2. The standard InChI is InChI=1S/C21H30N6O/c1-2-18(26-12-9-16-5-3-4-6-17(16)14-26)13-23-21(28)20-15-27(25-24-20)19-7-10-22-11-8-19/h3-6,15,18-19,22H,2,7-14H2,1H3,(H,23,28). The molecule has 1 saturated heterocycles. The Hall–Kier alpha value is -2.25. The van der Waals surface area contributed by atoms with Gasteiger partial charge in [-0.15, -0.1) is 5.10 Å². The average Bonchev–Trinajstić information content (AvgIpc) is 3.25. The molecule has 1 aromatic heterocycles. The Morgan fingerprint density at radius 2 is 2.07 bits per heavy atom. The molecule has 4 rings (SSSR count). The third-order valence-electron chi connectivity index (χ3n) is 6.07. The number of piperidine rings is 1. The average molecular weight is 383 g/mol. The summed E-state index contributed by atoms with van der Waals surface area (Å²) in [6.07, 6.45) is 5.93. The molecule has 0 saturated carbocycles. The van der Waals surface area contributed by atoms with Gasteiger partial charge in [0.25, 0.3) is 5.91 Å². The Bertz CT molecular complexity index is 798. The molecule has 2 aromatic rings. The summed E-state index contributed by atoms with van der Waals surface area (Å²) in [5.74, 6) is -0.129. The molecule has 150 valence electrons. The van der Waals surface area contributed by atoms with Crippen LogP contribution in [0.2, 0.25) is 0 Å². The van der Waals surface area contributed by atoms with Crippen LogP contribution in [0.3, 0.4) is 0 Å². The quantitative estimate of drug-likeness (QED) is 0.796. The second kappa shape index (κ2) is 8.84. The number of aromatic nitrogens is 3. The first-order valence-electron chi connectivity index (χ1n) is 10.5. The topological polar surface area (TPSA) is 75.1 Å². The molecule has 1 aromatic carbocycles. The fourth-order valence-electron chi connectivity index (χ4n) is 4.29. The van der Waals surface area contributed by atoms with Gasteiger partial charge < -0.3 is 10.6 Å². The van der Waals surface area contributed by atoms with Crippen molar-refractivity contribution in [1.29, 1.82) is 0 Å². The van der Waals surface area contributed by atoms with Crippen molar-refractivity contribution in [2.45, 2.75) is 51.2 Å². The molecule has 28 heavy (non-hydrogen) atoms. The summed E-state index contributed by atoms with van der Waals surface area (Å²) in [4.78, 5) is 15.1. The molecule has 1 fully saturated rings. The minimum atomic E-state index is -0.129. The maximum absolute atomic E-state index is 12.6. The molecule has 1 amide bonds. The van der Waals surface area contributed by atoms with Crippen molar-refractivity contribution >= 4 is 5.91 Å². The number of nitrogens with zero attached hydrogens (tertiary/aromatic N) is 4. The molecule has 0 spiro atoms. The zero-order valence-electron chi connectivity index (χ0n) is 16.6. The van der Waals surface area contributed by atoms with E-state index in [-0.39, 0.29) is 5.91 Å². The van der Waals surface area contributed by atoms with Crippen LogP contribution in [0.4, 0.5) is 0 Å². The van der Waals surface area contributed by atoms with E-state index in [0.29, 0.717) is 24.3 Å². The molecule has 2 aliphatic rings. The molecular formula is C21H30N6O. The number of nitrogens with one attached hydrogen (secondary N) is 2. The van der Waals surface area contributed by atoms with E-state index in [4.69, 9.17) is 0 Å². The fraction of sp³-hybridized carbons (Fsp3) is 0.571. The summed E-state index contributed by atoms with van der Waals surface area (Å²) in [5.41, 5.74) is 3.27. The summed E-state index contributed by atoms with van der Waals surface area (Å²) >= 11 is 0. The summed E-state index contributed by atoms with van der Waals surface area (Å²) in [5, 5.41) is 14.7. The third-order valence-corrected chi connectivity index (χ3v) is 6.07. The van der Waals surface area contributed by atoms with Crippen LogP contribution >= 0.6 is 0 Å². The van der Waals surface area contributed by atoms with E-state index in [2.05, 4.69) is 57.0 Å². The van der Waals surface area contributed by atoms with Crippen molar-refractivity contribution in [2.75, 3.05) is 26.2 Å². The van der Waals surface area contributed by atoms with Gasteiger partial charge in [-0.1, -0.05) is 36.4 Å². The van der Waals surface area contributed by atoms with Gasteiger partial charge >= 0.3 is 0 Å². The third kappa shape index (κ3) is 4.25. The Morgan fingerprint density at radius 3 is 2.86 bits per heavy atom. The van der Waals surface area contributed by atoms with Crippen LogP contribution in [-0.4, -0.2) is 58.0 Å². The zero-order valence-corrected chi connectivity index (χ0v) is 16.6. The van der Waals surface area contributed by atoms with E-state index in [1.54, 1.807) is 6.20 Å². The zero-order chi connectivity index (χ0) is 19.3. The first-order chi connectivity index (χ1) is 13.7. The molecule has 0 aliphatic carbocycles. The number of carbonyl (C=O) groups excluding carboxylic acids is 1. The lowest BCUT2D eigenvalue weighted by Crippen LogP contribution is -2.45. The summed E-state index contributed by atoms with van der Waals surface area (Å²) in [6.45, 7) is 6.79. The van der Waals surface area contributed by atoms with Crippen molar-refractivity contribution in [1.82, 2.24) is 30.5 Å². The lowest BCUT2D eigenvalue weighted by Gasteiger charge is -2.35. The Balaban J connectivity index is 1.33. The molecular weight excluding hydrogens is 352 g/mol. The van der Waals surface area contributed by atoms with Crippen molar-refractivity contribution in [3.8, 4) is 0 Å². The van der Waals surface area contributed by atoms with Crippen molar-refractivity contribution < 1.29 is 4.79 Å². The predicted octanol–water partition coefficient (Wildman–Crippen LogP) is 1.77. The highest BCUT2D eigenvalue weighted by Gasteiger charge is 2.24. The van der Waals surface area contributed by atoms with Crippen molar-refractivity contribution in [3.05, 3.63) is 47.3 Å². The molecule has 7 heteroatoms. The molecule has 2 aliphatic heterocycles. The minimum Gasteiger partial charge on any atom is -0.349 e. The van der Waals surface area contributed by atoms with Crippen LogP contribution in [0.15, 0.2) is 30.5 Å². The maximum Gasteiger partial charge on any atom is 0.273 e.